The van der Waals surface area contributed by atoms with Crippen LogP contribution in [-0.4, -0.2) is 15.9 Å². The van der Waals surface area contributed by atoms with E-state index in [9.17, 15) is 5.11 Å². The summed E-state index contributed by atoms with van der Waals surface area (Å²) in [5.74, 6) is 0.707. The van der Waals surface area contributed by atoms with E-state index in [-0.39, 0.29) is 49.6 Å². The Kier molecular flexibility index (Phi) is 11.7. The van der Waals surface area contributed by atoms with E-state index < -0.39 is 0 Å². The van der Waals surface area contributed by atoms with E-state index in [0.29, 0.717) is 11.8 Å². The molecule has 0 bridgehead atoms. The molecule has 1 N–H and O–H groups in total. The van der Waals surface area contributed by atoms with Crippen LogP contribution in [0.15, 0.2) is 36.4 Å². The van der Waals surface area contributed by atoms with Crippen molar-refractivity contribution in [3.63, 3.8) is 0 Å². The SMILES string of the molecule is CCCCCC(O)c1ccc(C2C(Cl)CC(Cl)C2CCCc2cc[c-]s2)cc1.[Y]. The van der Waals surface area contributed by atoms with Gasteiger partial charge < -0.3 is 16.4 Å². The molecule has 0 aliphatic heterocycles. The summed E-state index contributed by atoms with van der Waals surface area (Å²) in [6, 6.07) is 12.6. The molecule has 157 valence electrons. The topological polar surface area (TPSA) is 20.2 Å². The smallest absolute Gasteiger partial charge is 0.0790 e. The number of unbranched alkanes of at least 4 members (excludes halogenated alkanes) is 2. The molecule has 1 aromatic carbocycles. The Hall–Kier alpha value is 0.564. The van der Waals surface area contributed by atoms with Crippen LogP contribution < -0.4 is 0 Å². The Morgan fingerprint density at radius 1 is 1.10 bits per heavy atom. The van der Waals surface area contributed by atoms with Gasteiger partial charge in [0.05, 0.1) is 6.10 Å². The summed E-state index contributed by atoms with van der Waals surface area (Å²) >= 11 is 15.1. The molecule has 5 unspecified atom stereocenters. The summed E-state index contributed by atoms with van der Waals surface area (Å²) in [7, 11) is 0. The fourth-order valence-corrected chi connectivity index (χ4v) is 6.22. The molecule has 5 atom stereocenters. The minimum absolute atomic E-state index is 0. The number of aryl methyl sites for hydroxylation is 1. The van der Waals surface area contributed by atoms with Gasteiger partial charge in [-0.25, -0.2) is 6.07 Å². The standard InChI is InChI=1S/C24H31Cl2OS.Y/c1-2-3-4-10-23(27)17-11-13-18(14-12-17)24-20(21(25)16-22(24)26)9-5-7-19-8-6-15-28-19;/h6,8,11-14,20-24,27H,2-5,7,9-10,16H2,1H3;/q-1;. The Morgan fingerprint density at radius 2 is 1.86 bits per heavy atom. The van der Waals surface area contributed by atoms with Crippen LogP contribution in [0.25, 0.3) is 0 Å². The van der Waals surface area contributed by atoms with E-state index in [1.165, 1.54) is 23.3 Å². The van der Waals surface area contributed by atoms with Gasteiger partial charge in [0.15, 0.2) is 0 Å². The molecule has 1 aliphatic rings. The van der Waals surface area contributed by atoms with Gasteiger partial charge in [-0.3, -0.25) is 0 Å². The molecule has 1 aliphatic carbocycles. The molecule has 2 aromatic rings. The number of alkyl halides is 2. The molecule has 0 saturated heterocycles. The zero-order chi connectivity index (χ0) is 19.9. The van der Waals surface area contributed by atoms with Crippen molar-refractivity contribution >= 4 is 34.5 Å². The first kappa shape index (κ1) is 25.8. The molecule has 1 nitrogen and oxygen atoms in total. The van der Waals surface area contributed by atoms with E-state index in [2.05, 4.69) is 42.6 Å². The average Bonchev–Trinajstić information content (AvgIpc) is 3.30. The molecule has 0 spiro atoms. The summed E-state index contributed by atoms with van der Waals surface area (Å²) in [6.45, 7) is 2.19. The summed E-state index contributed by atoms with van der Waals surface area (Å²) in [5.41, 5.74) is 2.28. The fraction of sp³-hybridized carbons (Fsp3) is 0.583. The zero-order valence-corrected chi connectivity index (χ0v) is 22.4. The van der Waals surface area contributed by atoms with Gasteiger partial charge in [-0.2, -0.15) is 6.07 Å². The molecule has 5 heteroatoms. The Morgan fingerprint density at radius 3 is 2.52 bits per heavy atom. The quantitative estimate of drug-likeness (QED) is 0.193. The summed E-state index contributed by atoms with van der Waals surface area (Å²) in [4.78, 5) is 1.39. The molecule has 1 fully saturated rings. The van der Waals surface area contributed by atoms with Gasteiger partial charge in [0.1, 0.15) is 0 Å². The molecule has 1 heterocycles. The molecule has 1 aromatic heterocycles. The number of hydrogen-bond donors (Lipinski definition) is 1. The second-order valence-electron chi connectivity index (χ2n) is 8.05. The van der Waals surface area contributed by atoms with E-state index in [4.69, 9.17) is 23.2 Å². The monoisotopic (exact) mass is 526 g/mol. The molecular weight excluding hydrogens is 496 g/mol. The van der Waals surface area contributed by atoms with Crippen molar-refractivity contribution in [1.82, 2.24) is 0 Å². The Labute approximate surface area is 215 Å². The van der Waals surface area contributed by atoms with Gasteiger partial charge in [0.2, 0.25) is 0 Å². The Bertz CT molecular complexity index is 691. The average molecular weight is 527 g/mol. The second kappa shape index (κ2) is 13.2. The number of benzene rings is 1. The molecule has 3 rings (SSSR count). The largest absolute Gasteiger partial charge is 0.388 e. The maximum atomic E-state index is 10.4. The predicted octanol–water partition coefficient (Wildman–Crippen LogP) is 7.50. The number of hydrogen-bond acceptors (Lipinski definition) is 2. The van der Waals surface area contributed by atoms with Crippen molar-refractivity contribution < 1.29 is 37.8 Å². The van der Waals surface area contributed by atoms with Crippen LogP contribution in [0.2, 0.25) is 0 Å². The zero-order valence-electron chi connectivity index (χ0n) is 17.2. The van der Waals surface area contributed by atoms with Crippen molar-refractivity contribution in [2.45, 2.75) is 81.1 Å². The van der Waals surface area contributed by atoms with Crippen molar-refractivity contribution in [1.29, 1.82) is 0 Å². The maximum Gasteiger partial charge on any atom is 0.0790 e. The minimum atomic E-state index is -0.366. The van der Waals surface area contributed by atoms with Gasteiger partial charge in [-0.15, -0.1) is 33.5 Å². The second-order valence-corrected chi connectivity index (χ2v) is 10.1. The first-order chi connectivity index (χ1) is 13.6. The molecule has 1 radical (unpaired) electrons. The van der Waals surface area contributed by atoms with Crippen LogP contribution in [0.1, 0.15) is 79.9 Å². The Balaban J connectivity index is 0.00000300. The summed E-state index contributed by atoms with van der Waals surface area (Å²) in [6.07, 6.45) is 8.09. The predicted molar refractivity (Wildman–Crippen MR) is 122 cm³/mol. The van der Waals surface area contributed by atoms with Crippen LogP contribution in [0.5, 0.6) is 0 Å². The fourth-order valence-electron chi connectivity index (χ4n) is 4.46. The molecule has 0 amide bonds. The van der Waals surface area contributed by atoms with Gasteiger partial charge in [0.25, 0.3) is 0 Å². The summed E-state index contributed by atoms with van der Waals surface area (Å²) in [5, 5.41) is 13.8. The van der Waals surface area contributed by atoms with Crippen LogP contribution in [0, 0.1) is 11.3 Å². The number of halogens is 2. The molecule has 1 saturated carbocycles. The van der Waals surface area contributed by atoms with Crippen molar-refractivity contribution in [3.8, 4) is 0 Å². The first-order valence-corrected chi connectivity index (χ1v) is 12.3. The van der Waals surface area contributed by atoms with Crippen molar-refractivity contribution in [2.24, 2.45) is 5.92 Å². The van der Waals surface area contributed by atoms with Gasteiger partial charge in [-0.05, 0) is 36.3 Å². The van der Waals surface area contributed by atoms with Crippen LogP contribution in [0.4, 0.5) is 0 Å². The number of thiophene rings is 1. The van der Waals surface area contributed by atoms with E-state index in [0.717, 1.165) is 44.1 Å². The normalized spacial score (nSPS) is 25.0. The number of rotatable bonds is 10. The number of aliphatic hydroxyl groups excluding tert-OH is 1. The van der Waals surface area contributed by atoms with E-state index >= 15 is 0 Å². The van der Waals surface area contributed by atoms with Crippen LogP contribution in [0.3, 0.4) is 0 Å². The first-order valence-electron chi connectivity index (χ1n) is 10.6. The third-order valence-corrected chi connectivity index (χ3v) is 7.85. The third kappa shape index (κ3) is 7.30. The van der Waals surface area contributed by atoms with Gasteiger partial charge in [-0.1, -0.05) is 63.3 Å². The summed E-state index contributed by atoms with van der Waals surface area (Å²) < 4.78 is 0. The third-order valence-electron chi connectivity index (χ3n) is 6.04. The molecule has 29 heavy (non-hydrogen) atoms. The van der Waals surface area contributed by atoms with Gasteiger partial charge in [0, 0.05) is 49.4 Å². The van der Waals surface area contributed by atoms with E-state index in [1.807, 2.05) is 6.07 Å². The van der Waals surface area contributed by atoms with Crippen LogP contribution in [-0.2, 0) is 39.1 Å². The maximum absolute atomic E-state index is 10.4. The minimum Gasteiger partial charge on any atom is -0.388 e. The van der Waals surface area contributed by atoms with E-state index in [1.54, 1.807) is 11.3 Å². The van der Waals surface area contributed by atoms with Gasteiger partial charge >= 0.3 is 0 Å². The van der Waals surface area contributed by atoms with Crippen molar-refractivity contribution in [2.75, 3.05) is 0 Å². The number of aliphatic hydroxyl groups is 1. The van der Waals surface area contributed by atoms with Crippen LogP contribution >= 0.6 is 34.5 Å². The van der Waals surface area contributed by atoms with Crippen molar-refractivity contribution in [3.05, 3.63) is 57.8 Å². The molecular formula is C24H31Cl2OSY-.